The van der Waals surface area contributed by atoms with Crippen LogP contribution in [-0.4, -0.2) is 26.2 Å². The fraction of sp³-hybridized carbons (Fsp3) is 0.533. The maximum Gasteiger partial charge on any atom is 0.230 e. The summed E-state index contributed by atoms with van der Waals surface area (Å²) in [6.07, 6.45) is 3.75. The van der Waals surface area contributed by atoms with E-state index in [0.29, 0.717) is 18.2 Å². The van der Waals surface area contributed by atoms with Gasteiger partial charge in [-0.2, -0.15) is 0 Å². The van der Waals surface area contributed by atoms with Crippen LogP contribution in [0.25, 0.3) is 0 Å². The molecular weight excluding hydrogens is 262 g/mol. The van der Waals surface area contributed by atoms with Crippen LogP contribution in [0, 0.1) is 0 Å². The molecule has 4 heteroatoms. The molecule has 0 unspecified atom stereocenters. The maximum absolute atomic E-state index is 12.4. The predicted octanol–water partition coefficient (Wildman–Crippen LogP) is 2.91. The van der Waals surface area contributed by atoms with Crippen LogP contribution >= 0.6 is 11.6 Å². The van der Waals surface area contributed by atoms with E-state index in [0.717, 1.165) is 31.2 Å². The largest absolute Gasteiger partial charge is 0.385 e. The molecule has 1 aliphatic carbocycles. The Balaban J connectivity index is 2.03. The Labute approximate surface area is 119 Å². The summed E-state index contributed by atoms with van der Waals surface area (Å²) in [5.41, 5.74) is 0.674. The fourth-order valence-electron chi connectivity index (χ4n) is 2.55. The smallest absolute Gasteiger partial charge is 0.230 e. The van der Waals surface area contributed by atoms with Crippen molar-refractivity contribution in [3.63, 3.8) is 0 Å². The van der Waals surface area contributed by atoms with Crippen molar-refractivity contribution in [3.05, 3.63) is 34.9 Å². The SMILES string of the molecule is COCCCNC(=O)C1(c2cccc(Cl)c2)CCC1. The number of rotatable bonds is 6. The van der Waals surface area contributed by atoms with Crippen LogP contribution in [-0.2, 0) is 14.9 Å². The number of ether oxygens (including phenoxy) is 1. The average Bonchev–Trinajstić information content (AvgIpc) is 2.33. The van der Waals surface area contributed by atoms with Crippen molar-refractivity contribution in [1.82, 2.24) is 5.32 Å². The third-order valence-electron chi connectivity index (χ3n) is 3.83. The number of carbonyl (C=O) groups excluding carboxylic acids is 1. The number of carbonyl (C=O) groups is 1. The van der Waals surface area contributed by atoms with Crippen LogP contribution < -0.4 is 5.32 Å². The van der Waals surface area contributed by atoms with Gasteiger partial charge in [0.1, 0.15) is 0 Å². The highest BCUT2D eigenvalue weighted by Crippen LogP contribution is 2.44. The fourth-order valence-corrected chi connectivity index (χ4v) is 2.74. The molecular formula is C15H20ClNO2. The number of halogens is 1. The van der Waals surface area contributed by atoms with Gasteiger partial charge in [-0.05, 0) is 37.0 Å². The molecule has 1 aromatic rings. The van der Waals surface area contributed by atoms with Crippen molar-refractivity contribution in [2.24, 2.45) is 0 Å². The van der Waals surface area contributed by atoms with E-state index in [1.807, 2.05) is 24.3 Å². The maximum atomic E-state index is 12.4. The molecule has 3 nitrogen and oxygen atoms in total. The minimum Gasteiger partial charge on any atom is -0.385 e. The van der Waals surface area contributed by atoms with Gasteiger partial charge in [0.15, 0.2) is 0 Å². The lowest BCUT2D eigenvalue weighted by Gasteiger charge is -2.40. The van der Waals surface area contributed by atoms with E-state index < -0.39 is 0 Å². The lowest BCUT2D eigenvalue weighted by atomic mass is 9.64. The van der Waals surface area contributed by atoms with Gasteiger partial charge in [-0.15, -0.1) is 0 Å². The number of benzene rings is 1. The van der Waals surface area contributed by atoms with Crippen molar-refractivity contribution >= 4 is 17.5 Å². The number of hydrogen-bond acceptors (Lipinski definition) is 2. The van der Waals surface area contributed by atoms with Crippen molar-refractivity contribution in [2.75, 3.05) is 20.3 Å². The van der Waals surface area contributed by atoms with Gasteiger partial charge >= 0.3 is 0 Å². The molecule has 0 spiro atoms. The van der Waals surface area contributed by atoms with E-state index in [2.05, 4.69) is 5.32 Å². The standard InChI is InChI=1S/C15H20ClNO2/c1-19-10-4-9-17-14(18)15(7-3-8-15)12-5-2-6-13(16)11-12/h2,5-6,11H,3-4,7-10H2,1H3,(H,17,18). The second-order valence-corrected chi connectivity index (χ2v) is 5.48. The molecule has 0 aliphatic heterocycles. The highest BCUT2D eigenvalue weighted by molar-refractivity contribution is 6.30. The van der Waals surface area contributed by atoms with Crippen molar-refractivity contribution in [2.45, 2.75) is 31.1 Å². The number of nitrogens with one attached hydrogen (secondary N) is 1. The molecule has 0 heterocycles. The Morgan fingerprint density at radius 1 is 1.47 bits per heavy atom. The zero-order valence-corrected chi connectivity index (χ0v) is 12.0. The lowest BCUT2D eigenvalue weighted by molar-refractivity contribution is -0.129. The number of hydrogen-bond donors (Lipinski definition) is 1. The first-order chi connectivity index (χ1) is 9.19. The van der Waals surface area contributed by atoms with E-state index >= 15 is 0 Å². The quantitative estimate of drug-likeness (QED) is 0.814. The van der Waals surface area contributed by atoms with E-state index in [9.17, 15) is 4.79 Å². The molecule has 0 radical (unpaired) electrons. The van der Waals surface area contributed by atoms with Crippen molar-refractivity contribution < 1.29 is 9.53 Å². The van der Waals surface area contributed by atoms with Crippen LogP contribution in [0.3, 0.4) is 0 Å². The van der Waals surface area contributed by atoms with Crippen molar-refractivity contribution in [3.8, 4) is 0 Å². The minimum absolute atomic E-state index is 0.122. The lowest BCUT2D eigenvalue weighted by Crippen LogP contribution is -2.49. The highest BCUT2D eigenvalue weighted by Gasteiger charge is 2.45. The highest BCUT2D eigenvalue weighted by atomic mass is 35.5. The van der Waals surface area contributed by atoms with Gasteiger partial charge in [0.25, 0.3) is 0 Å². The van der Waals surface area contributed by atoms with Crippen LogP contribution in [0.1, 0.15) is 31.2 Å². The van der Waals surface area contributed by atoms with Crippen molar-refractivity contribution in [1.29, 1.82) is 0 Å². The normalized spacial score (nSPS) is 16.7. The monoisotopic (exact) mass is 281 g/mol. The molecule has 0 aromatic heterocycles. The van der Waals surface area contributed by atoms with Gasteiger partial charge in [0, 0.05) is 25.3 Å². The van der Waals surface area contributed by atoms with E-state index in [1.54, 1.807) is 7.11 Å². The zero-order chi connectivity index (χ0) is 13.7. The van der Waals surface area contributed by atoms with Gasteiger partial charge in [0.2, 0.25) is 5.91 Å². The van der Waals surface area contributed by atoms with E-state index in [1.165, 1.54) is 0 Å². The summed E-state index contributed by atoms with van der Waals surface area (Å²) in [5.74, 6) is 0.122. The molecule has 19 heavy (non-hydrogen) atoms. The summed E-state index contributed by atoms with van der Waals surface area (Å²) in [6, 6.07) is 7.67. The molecule has 2 rings (SSSR count). The molecule has 1 amide bonds. The second kappa shape index (κ2) is 6.40. The Morgan fingerprint density at radius 2 is 2.26 bits per heavy atom. The summed E-state index contributed by atoms with van der Waals surface area (Å²) in [4.78, 5) is 12.4. The summed E-state index contributed by atoms with van der Waals surface area (Å²) in [5, 5.41) is 3.71. The predicted molar refractivity (Wildman–Crippen MR) is 76.5 cm³/mol. The summed E-state index contributed by atoms with van der Waals surface area (Å²) in [6.45, 7) is 1.33. The van der Waals surface area contributed by atoms with Gasteiger partial charge in [0.05, 0.1) is 5.41 Å². The molecule has 1 aromatic carbocycles. The second-order valence-electron chi connectivity index (χ2n) is 5.05. The third-order valence-corrected chi connectivity index (χ3v) is 4.06. The molecule has 1 fully saturated rings. The van der Waals surface area contributed by atoms with E-state index in [-0.39, 0.29) is 11.3 Å². The molecule has 1 aliphatic rings. The summed E-state index contributed by atoms with van der Waals surface area (Å²) >= 11 is 6.03. The first-order valence-corrected chi connectivity index (χ1v) is 7.10. The Bertz CT molecular complexity index is 444. The minimum atomic E-state index is -0.363. The van der Waals surface area contributed by atoms with Gasteiger partial charge in [-0.1, -0.05) is 30.2 Å². The van der Waals surface area contributed by atoms with Crippen LogP contribution in [0.15, 0.2) is 24.3 Å². The first-order valence-electron chi connectivity index (χ1n) is 6.72. The Kier molecular flexibility index (Phi) is 4.83. The molecule has 1 saturated carbocycles. The molecule has 0 saturated heterocycles. The Hall–Kier alpha value is -1.06. The third kappa shape index (κ3) is 3.10. The number of methoxy groups -OCH3 is 1. The first kappa shape index (κ1) is 14.4. The summed E-state index contributed by atoms with van der Waals surface area (Å²) < 4.78 is 4.98. The summed E-state index contributed by atoms with van der Waals surface area (Å²) in [7, 11) is 1.67. The topological polar surface area (TPSA) is 38.3 Å². The average molecular weight is 282 g/mol. The molecule has 0 atom stereocenters. The number of amides is 1. The van der Waals surface area contributed by atoms with Crippen LogP contribution in [0.2, 0.25) is 5.02 Å². The van der Waals surface area contributed by atoms with E-state index in [4.69, 9.17) is 16.3 Å². The van der Waals surface area contributed by atoms with Crippen LogP contribution in [0.5, 0.6) is 0 Å². The zero-order valence-electron chi connectivity index (χ0n) is 11.2. The van der Waals surface area contributed by atoms with Gasteiger partial charge in [-0.25, -0.2) is 0 Å². The molecule has 1 N–H and O–H groups in total. The molecule has 0 bridgehead atoms. The van der Waals surface area contributed by atoms with Gasteiger partial charge < -0.3 is 10.1 Å². The van der Waals surface area contributed by atoms with Crippen LogP contribution in [0.4, 0.5) is 0 Å². The van der Waals surface area contributed by atoms with Gasteiger partial charge in [-0.3, -0.25) is 4.79 Å². The Morgan fingerprint density at radius 3 is 2.84 bits per heavy atom. The molecule has 104 valence electrons.